The third-order valence-electron chi connectivity index (χ3n) is 5.49. The highest BCUT2D eigenvalue weighted by molar-refractivity contribution is 5.92. The van der Waals surface area contributed by atoms with E-state index in [1.54, 1.807) is 23.1 Å². The van der Waals surface area contributed by atoms with Crippen molar-refractivity contribution in [3.63, 3.8) is 0 Å². The number of carbonyl (C=O) groups excluding carboxylic acids is 1. The molecule has 4 rings (SSSR count). The first-order valence-corrected chi connectivity index (χ1v) is 10.4. The lowest BCUT2D eigenvalue weighted by atomic mass is 9.87. The minimum absolute atomic E-state index is 0.177. The topological polar surface area (TPSA) is 66.8 Å². The maximum atomic E-state index is 14.3. The maximum Gasteiger partial charge on any atom is 0.341 e. The van der Waals surface area contributed by atoms with Crippen LogP contribution < -0.4 is 4.74 Å². The number of carboxylic acids is 1. The van der Waals surface area contributed by atoms with Crippen LogP contribution in [-0.4, -0.2) is 35.0 Å². The number of amides is 1. The second-order valence-electron chi connectivity index (χ2n) is 7.60. The number of hydrogen-bond acceptors (Lipinski definition) is 3. The predicted octanol–water partition coefficient (Wildman–Crippen LogP) is 4.62. The number of carbonyl (C=O) groups is 2. The first-order chi connectivity index (χ1) is 15.9. The van der Waals surface area contributed by atoms with Crippen molar-refractivity contribution >= 4 is 18.0 Å². The van der Waals surface area contributed by atoms with E-state index in [1.165, 1.54) is 36.4 Å². The molecule has 1 heterocycles. The van der Waals surface area contributed by atoms with Crippen LogP contribution in [0, 0.1) is 11.6 Å². The molecule has 0 radical (unpaired) electrons. The number of ether oxygens (including phenoxy) is 1. The summed E-state index contributed by atoms with van der Waals surface area (Å²) in [4.78, 5) is 25.8. The summed E-state index contributed by atoms with van der Waals surface area (Å²) in [5.41, 5.74) is 2.41. The predicted molar refractivity (Wildman–Crippen MR) is 119 cm³/mol. The Morgan fingerprint density at radius 2 is 1.79 bits per heavy atom. The molecule has 1 aliphatic heterocycles. The minimum Gasteiger partial charge on any atom is -0.482 e. The minimum atomic E-state index is -1.17. The van der Waals surface area contributed by atoms with Gasteiger partial charge in [0.2, 0.25) is 5.91 Å². The van der Waals surface area contributed by atoms with Crippen molar-refractivity contribution in [2.24, 2.45) is 0 Å². The van der Waals surface area contributed by atoms with Gasteiger partial charge in [-0.1, -0.05) is 42.5 Å². The van der Waals surface area contributed by atoms with E-state index in [0.717, 1.165) is 11.1 Å². The van der Waals surface area contributed by atoms with Gasteiger partial charge in [0, 0.05) is 23.7 Å². The molecule has 0 aliphatic carbocycles. The Kier molecular flexibility index (Phi) is 6.49. The van der Waals surface area contributed by atoms with Crippen LogP contribution in [0.25, 0.3) is 6.08 Å². The summed E-state index contributed by atoms with van der Waals surface area (Å²) in [7, 11) is 0. The van der Waals surface area contributed by atoms with Crippen molar-refractivity contribution < 1.29 is 28.2 Å². The standard InChI is InChI=1S/C26H21F2NO4/c27-19-10-11-23(33-16-25(31)32)21(15-19)26-20-7-3-1-5-17(20)13-14-29(26)24(30)12-9-18-6-2-4-8-22(18)28/h1-12,15,26H,13-14,16H2,(H,31,32). The Bertz CT molecular complexity index is 1220. The van der Waals surface area contributed by atoms with E-state index in [4.69, 9.17) is 9.84 Å². The zero-order chi connectivity index (χ0) is 23.4. The fourth-order valence-corrected chi connectivity index (χ4v) is 4.01. The van der Waals surface area contributed by atoms with Crippen molar-refractivity contribution in [3.8, 4) is 5.75 Å². The molecular formula is C26H21F2NO4. The molecule has 3 aromatic carbocycles. The average molecular weight is 449 g/mol. The molecule has 0 aromatic heterocycles. The molecule has 1 N–H and O–H groups in total. The van der Waals surface area contributed by atoms with Crippen LogP contribution in [0.15, 0.2) is 72.8 Å². The first kappa shape index (κ1) is 22.2. The highest BCUT2D eigenvalue weighted by Crippen LogP contribution is 2.40. The molecule has 7 heteroatoms. The van der Waals surface area contributed by atoms with Gasteiger partial charge in [-0.15, -0.1) is 0 Å². The van der Waals surface area contributed by atoms with Crippen molar-refractivity contribution in [1.82, 2.24) is 4.90 Å². The number of benzene rings is 3. The Labute approximate surface area is 189 Å². The Hall–Kier alpha value is -4.00. The largest absolute Gasteiger partial charge is 0.482 e. The molecule has 1 amide bonds. The van der Waals surface area contributed by atoms with Crippen LogP contribution in [0.2, 0.25) is 0 Å². The second-order valence-corrected chi connectivity index (χ2v) is 7.60. The molecule has 168 valence electrons. The number of rotatable bonds is 6. The molecule has 0 bridgehead atoms. The normalized spacial score (nSPS) is 15.3. The van der Waals surface area contributed by atoms with Crippen LogP contribution in [0.4, 0.5) is 8.78 Å². The molecule has 5 nitrogen and oxygen atoms in total. The Balaban J connectivity index is 1.76. The van der Waals surface area contributed by atoms with Crippen LogP contribution in [0.3, 0.4) is 0 Å². The van der Waals surface area contributed by atoms with Crippen molar-refractivity contribution in [2.45, 2.75) is 12.5 Å². The van der Waals surface area contributed by atoms with Gasteiger partial charge in [0.05, 0.1) is 6.04 Å². The molecule has 0 saturated heterocycles. The van der Waals surface area contributed by atoms with Crippen LogP contribution in [0.5, 0.6) is 5.75 Å². The number of aliphatic carboxylic acids is 1. The first-order valence-electron chi connectivity index (χ1n) is 10.4. The van der Waals surface area contributed by atoms with E-state index in [0.29, 0.717) is 18.5 Å². The van der Waals surface area contributed by atoms with E-state index >= 15 is 0 Å². The molecule has 0 fully saturated rings. The molecule has 0 saturated carbocycles. The van der Waals surface area contributed by atoms with Gasteiger partial charge < -0.3 is 14.7 Å². The van der Waals surface area contributed by atoms with Gasteiger partial charge in [-0.25, -0.2) is 13.6 Å². The zero-order valence-electron chi connectivity index (χ0n) is 17.6. The monoisotopic (exact) mass is 449 g/mol. The third kappa shape index (κ3) is 4.92. The van der Waals surface area contributed by atoms with E-state index < -0.39 is 30.3 Å². The van der Waals surface area contributed by atoms with Gasteiger partial charge >= 0.3 is 5.97 Å². The van der Waals surface area contributed by atoms with Crippen molar-refractivity contribution in [3.05, 3.63) is 107 Å². The highest BCUT2D eigenvalue weighted by atomic mass is 19.1. The quantitative estimate of drug-likeness (QED) is 0.558. The fraction of sp³-hybridized carbons (Fsp3) is 0.154. The molecular weight excluding hydrogens is 428 g/mol. The van der Waals surface area contributed by atoms with Gasteiger partial charge in [0.1, 0.15) is 17.4 Å². The SMILES string of the molecule is O=C(O)COc1ccc(F)cc1C1c2ccccc2CCN1C(=O)C=Cc1ccccc1F. The molecule has 1 unspecified atom stereocenters. The van der Waals surface area contributed by atoms with Gasteiger partial charge in [-0.2, -0.15) is 0 Å². The summed E-state index contributed by atoms with van der Waals surface area (Å²) in [5, 5.41) is 9.03. The number of nitrogens with zero attached hydrogens (tertiary/aromatic N) is 1. The number of hydrogen-bond donors (Lipinski definition) is 1. The summed E-state index contributed by atoms with van der Waals surface area (Å²) in [6.07, 6.45) is 3.28. The van der Waals surface area contributed by atoms with E-state index in [-0.39, 0.29) is 17.2 Å². The smallest absolute Gasteiger partial charge is 0.341 e. The lowest BCUT2D eigenvalue weighted by Gasteiger charge is -2.37. The number of halogens is 2. The van der Waals surface area contributed by atoms with E-state index in [2.05, 4.69) is 0 Å². The lowest BCUT2D eigenvalue weighted by Crippen LogP contribution is -2.40. The van der Waals surface area contributed by atoms with Gasteiger partial charge in [0.15, 0.2) is 6.61 Å². The number of fused-ring (bicyclic) bond motifs is 1. The van der Waals surface area contributed by atoms with Crippen LogP contribution >= 0.6 is 0 Å². The van der Waals surface area contributed by atoms with Gasteiger partial charge in [0.25, 0.3) is 0 Å². The second kappa shape index (κ2) is 9.65. The zero-order valence-corrected chi connectivity index (χ0v) is 17.6. The van der Waals surface area contributed by atoms with Gasteiger partial charge in [-0.3, -0.25) is 4.79 Å². The van der Waals surface area contributed by atoms with Crippen LogP contribution in [0.1, 0.15) is 28.3 Å². The molecule has 0 spiro atoms. The average Bonchev–Trinajstić information content (AvgIpc) is 2.81. The summed E-state index contributed by atoms with van der Waals surface area (Å²) in [6.45, 7) is -0.259. The maximum absolute atomic E-state index is 14.3. The van der Waals surface area contributed by atoms with E-state index in [9.17, 15) is 18.4 Å². The molecule has 1 atom stereocenters. The van der Waals surface area contributed by atoms with Crippen molar-refractivity contribution in [2.75, 3.05) is 13.2 Å². The fourth-order valence-electron chi connectivity index (χ4n) is 4.01. The highest BCUT2D eigenvalue weighted by Gasteiger charge is 2.33. The summed E-state index contributed by atoms with van der Waals surface area (Å²) in [5.74, 6) is -2.36. The van der Waals surface area contributed by atoms with Crippen molar-refractivity contribution in [1.29, 1.82) is 0 Å². The Morgan fingerprint density at radius 3 is 2.58 bits per heavy atom. The van der Waals surface area contributed by atoms with E-state index in [1.807, 2.05) is 24.3 Å². The lowest BCUT2D eigenvalue weighted by molar-refractivity contribution is -0.139. The Morgan fingerprint density at radius 1 is 1.03 bits per heavy atom. The van der Waals surface area contributed by atoms with Crippen LogP contribution in [-0.2, 0) is 16.0 Å². The number of carboxylic acid groups (broad SMARTS) is 1. The third-order valence-corrected chi connectivity index (χ3v) is 5.49. The summed E-state index contributed by atoms with van der Waals surface area (Å²) < 4.78 is 33.7. The molecule has 33 heavy (non-hydrogen) atoms. The molecule has 1 aliphatic rings. The van der Waals surface area contributed by atoms with Gasteiger partial charge in [-0.05, 0) is 47.9 Å². The summed E-state index contributed by atoms with van der Waals surface area (Å²) >= 11 is 0. The molecule has 3 aromatic rings. The summed E-state index contributed by atoms with van der Waals surface area (Å²) in [6, 6.07) is 16.7.